The van der Waals surface area contributed by atoms with Crippen LogP contribution in [0.25, 0.3) is 11.1 Å². The topological polar surface area (TPSA) is 122 Å². The van der Waals surface area contributed by atoms with Crippen molar-refractivity contribution in [3.8, 4) is 17.0 Å². The summed E-state index contributed by atoms with van der Waals surface area (Å²) in [6.45, 7) is 7.50. The number of nitrogens with zero attached hydrogens (tertiary/aromatic N) is 3. The number of hydrogen-bond donors (Lipinski definition) is 3. The number of aromatic nitrogens is 3. The molecule has 2 amide bonds. The Kier molecular flexibility index (Phi) is 7.01. The molecule has 0 spiro atoms. The van der Waals surface area contributed by atoms with Gasteiger partial charge in [0.05, 0.1) is 12.8 Å². The summed E-state index contributed by atoms with van der Waals surface area (Å²) < 4.78 is 44.4. The normalized spacial score (nSPS) is 13.1. The summed E-state index contributed by atoms with van der Waals surface area (Å²) in [5.74, 6) is -0.285. The van der Waals surface area contributed by atoms with Gasteiger partial charge >= 0.3 is 6.03 Å². The van der Waals surface area contributed by atoms with Crippen molar-refractivity contribution in [2.45, 2.75) is 44.7 Å². The molecule has 0 saturated heterocycles. The van der Waals surface area contributed by atoms with E-state index in [2.05, 4.69) is 20.1 Å². The van der Waals surface area contributed by atoms with Gasteiger partial charge in [-0.15, -0.1) is 0 Å². The Morgan fingerprint density at radius 1 is 1.21 bits per heavy atom. The standard InChI is InChI=1S/C22H27FN6O3S/c1-13(2)17-11-16(23)12-18(15-6-8-25-19(10-15)32-5)21(17)26-22(30)28-33(24,31)20-7-9-29(27-20)14(3)4/h6-14H,1-5H3,(H3,24,26,28,30,31). The van der Waals surface area contributed by atoms with Gasteiger partial charge in [0.15, 0.2) is 14.9 Å². The summed E-state index contributed by atoms with van der Waals surface area (Å²) in [7, 11) is -2.25. The summed E-state index contributed by atoms with van der Waals surface area (Å²) in [4.78, 5) is 16.9. The molecule has 1 aromatic carbocycles. The molecule has 1 atom stereocenters. The fourth-order valence-corrected chi connectivity index (χ4v) is 4.10. The van der Waals surface area contributed by atoms with E-state index in [4.69, 9.17) is 9.52 Å². The zero-order valence-electron chi connectivity index (χ0n) is 19.0. The number of ether oxygens (including phenoxy) is 1. The van der Waals surface area contributed by atoms with Crippen molar-refractivity contribution in [3.05, 3.63) is 54.1 Å². The van der Waals surface area contributed by atoms with E-state index >= 15 is 0 Å². The number of methoxy groups -OCH3 is 1. The Morgan fingerprint density at radius 2 is 1.94 bits per heavy atom. The zero-order valence-corrected chi connectivity index (χ0v) is 19.9. The molecule has 0 bridgehead atoms. The molecule has 3 aromatic rings. The summed E-state index contributed by atoms with van der Waals surface area (Å²) in [5.41, 5.74) is 1.84. The van der Waals surface area contributed by atoms with Crippen LogP contribution in [0.2, 0.25) is 0 Å². The maximum absolute atomic E-state index is 14.5. The number of amides is 2. The second kappa shape index (κ2) is 9.57. The number of halogens is 1. The predicted octanol–water partition coefficient (Wildman–Crippen LogP) is 4.94. The van der Waals surface area contributed by atoms with Crippen LogP contribution in [0.4, 0.5) is 14.9 Å². The predicted molar refractivity (Wildman–Crippen MR) is 124 cm³/mol. The van der Waals surface area contributed by atoms with Crippen LogP contribution in [0.15, 0.2) is 47.8 Å². The summed E-state index contributed by atoms with van der Waals surface area (Å²) >= 11 is 0. The molecule has 11 heteroatoms. The minimum absolute atomic E-state index is 0.00973. The Morgan fingerprint density at radius 3 is 2.55 bits per heavy atom. The molecule has 0 aliphatic rings. The molecule has 1 unspecified atom stereocenters. The second-order valence-electron chi connectivity index (χ2n) is 8.00. The Bertz CT molecular complexity index is 1270. The van der Waals surface area contributed by atoms with Gasteiger partial charge < -0.3 is 10.1 Å². The summed E-state index contributed by atoms with van der Waals surface area (Å²) in [6.07, 6.45) is 3.11. The SMILES string of the molecule is COc1cc(-c2cc(F)cc(C(C)C)c2NC(=O)NS(=N)(=O)c2ccn(C(C)C)n2)ccn1. The van der Waals surface area contributed by atoms with Gasteiger partial charge in [-0.3, -0.25) is 4.68 Å². The van der Waals surface area contributed by atoms with Crippen molar-refractivity contribution < 1.29 is 18.1 Å². The molecule has 3 rings (SSSR count). The number of carbonyl (C=O) groups is 1. The van der Waals surface area contributed by atoms with Gasteiger partial charge in [0, 0.05) is 30.1 Å². The van der Waals surface area contributed by atoms with Crippen molar-refractivity contribution in [1.29, 1.82) is 4.78 Å². The number of carbonyl (C=O) groups excluding carboxylic acids is 1. The van der Waals surface area contributed by atoms with Crippen molar-refractivity contribution in [1.82, 2.24) is 19.5 Å². The third-order valence-corrected chi connectivity index (χ3v) is 6.17. The number of pyridine rings is 1. The van der Waals surface area contributed by atoms with Crippen molar-refractivity contribution in [2.24, 2.45) is 0 Å². The van der Waals surface area contributed by atoms with E-state index in [1.54, 1.807) is 23.0 Å². The average Bonchev–Trinajstić information content (AvgIpc) is 3.26. The van der Waals surface area contributed by atoms with Crippen LogP contribution < -0.4 is 14.8 Å². The van der Waals surface area contributed by atoms with Crippen molar-refractivity contribution in [2.75, 3.05) is 12.4 Å². The van der Waals surface area contributed by atoms with Crippen LogP contribution in [0, 0.1) is 10.6 Å². The lowest BCUT2D eigenvalue weighted by Crippen LogP contribution is -2.34. The number of urea groups is 1. The van der Waals surface area contributed by atoms with E-state index in [1.807, 2.05) is 27.7 Å². The number of nitrogens with one attached hydrogen (secondary N) is 3. The van der Waals surface area contributed by atoms with Crippen LogP contribution >= 0.6 is 0 Å². The van der Waals surface area contributed by atoms with Crippen LogP contribution in [-0.2, 0) is 9.92 Å². The minimum atomic E-state index is -3.72. The van der Waals surface area contributed by atoms with E-state index in [0.717, 1.165) is 0 Å². The number of hydrogen-bond acceptors (Lipinski definition) is 6. The van der Waals surface area contributed by atoms with E-state index in [-0.39, 0.29) is 17.0 Å². The molecule has 2 aromatic heterocycles. The van der Waals surface area contributed by atoms with E-state index in [0.29, 0.717) is 28.3 Å². The molecule has 0 aliphatic carbocycles. The highest BCUT2D eigenvalue weighted by Gasteiger charge is 2.22. The smallest absolute Gasteiger partial charge is 0.332 e. The third-order valence-electron chi connectivity index (χ3n) is 4.89. The molecule has 33 heavy (non-hydrogen) atoms. The molecule has 2 heterocycles. The van der Waals surface area contributed by atoms with Crippen LogP contribution in [-0.4, -0.2) is 32.1 Å². The van der Waals surface area contributed by atoms with Gasteiger partial charge in [-0.05, 0) is 55.2 Å². The molecule has 3 N–H and O–H groups in total. The van der Waals surface area contributed by atoms with Crippen molar-refractivity contribution in [3.63, 3.8) is 0 Å². The van der Waals surface area contributed by atoms with Gasteiger partial charge in [-0.2, -0.15) is 5.10 Å². The fraction of sp³-hybridized carbons (Fsp3) is 0.318. The second-order valence-corrected chi connectivity index (χ2v) is 9.73. The maximum atomic E-state index is 14.5. The van der Waals surface area contributed by atoms with Gasteiger partial charge in [0.2, 0.25) is 5.88 Å². The molecular formula is C22H27FN6O3S. The fourth-order valence-electron chi connectivity index (χ4n) is 3.22. The van der Waals surface area contributed by atoms with Crippen molar-refractivity contribution >= 4 is 21.6 Å². The third kappa shape index (κ3) is 5.48. The Hall–Kier alpha value is -3.47. The number of benzene rings is 1. The van der Waals surface area contributed by atoms with Gasteiger partial charge in [0.1, 0.15) is 5.82 Å². The Labute approximate surface area is 192 Å². The molecule has 0 aliphatic heterocycles. The van der Waals surface area contributed by atoms with E-state index in [1.165, 1.54) is 31.5 Å². The maximum Gasteiger partial charge on any atom is 0.332 e. The van der Waals surface area contributed by atoms with E-state index < -0.39 is 21.8 Å². The lowest BCUT2D eigenvalue weighted by atomic mass is 9.94. The quantitative estimate of drug-likeness (QED) is 0.448. The van der Waals surface area contributed by atoms with E-state index in [9.17, 15) is 13.4 Å². The highest BCUT2D eigenvalue weighted by atomic mass is 32.2. The zero-order chi connectivity index (χ0) is 24.3. The highest BCUT2D eigenvalue weighted by molar-refractivity contribution is 7.91. The summed E-state index contributed by atoms with van der Waals surface area (Å²) in [5, 5.41) is 6.73. The lowest BCUT2D eigenvalue weighted by Gasteiger charge is -2.19. The Balaban J connectivity index is 1.98. The first kappa shape index (κ1) is 24.2. The first-order valence-corrected chi connectivity index (χ1v) is 11.8. The van der Waals surface area contributed by atoms with Gasteiger partial charge in [-0.1, -0.05) is 13.8 Å². The van der Waals surface area contributed by atoms with Crippen LogP contribution in [0.1, 0.15) is 45.2 Å². The molecule has 9 nitrogen and oxygen atoms in total. The molecule has 176 valence electrons. The number of anilines is 1. The van der Waals surface area contributed by atoms with Crippen LogP contribution in [0.5, 0.6) is 5.88 Å². The molecule has 0 saturated carbocycles. The average molecular weight is 475 g/mol. The molecular weight excluding hydrogens is 447 g/mol. The molecule has 0 radical (unpaired) electrons. The highest BCUT2D eigenvalue weighted by Crippen LogP contribution is 2.36. The van der Waals surface area contributed by atoms with Gasteiger partial charge in [-0.25, -0.2) is 27.9 Å². The first-order valence-electron chi connectivity index (χ1n) is 10.3. The molecule has 0 fully saturated rings. The largest absolute Gasteiger partial charge is 0.481 e. The van der Waals surface area contributed by atoms with Crippen LogP contribution in [0.3, 0.4) is 0 Å². The minimum Gasteiger partial charge on any atom is -0.481 e. The monoisotopic (exact) mass is 474 g/mol. The van der Waals surface area contributed by atoms with Gasteiger partial charge in [0.25, 0.3) is 0 Å². The summed E-state index contributed by atoms with van der Waals surface area (Å²) in [6, 6.07) is 6.48. The lowest BCUT2D eigenvalue weighted by molar-refractivity contribution is 0.256. The number of rotatable bonds is 7. The first-order chi connectivity index (χ1) is 15.5.